The van der Waals surface area contributed by atoms with E-state index in [0.717, 1.165) is 50.8 Å². The van der Waals surface area contributed by atoms with E-state index in [0.29, 0.717) is 56.4 Å². The van der Waals surface area contributed by atoms with Crippen LogP contribution >= 0.6 is 23.6 Å². The number of aromatic nitrogens is 2. The Kier molecular flexibility index (Phi) is 19.3. The maximum atomic E-state index is 15.4. The number of halogens is 7. The van der Waals surface area contributed by atoms with Crippen LogP contribution < -0.4 is 29.9 Å². The van der Waals surface area contributed by atoms with Crippen LogP contribution in [0.5, 0.6) is 17.4 Å². The van der Waals surface area contributed by atoms with Gasteiger partial charge in [-0.2, -0.15) is 31.6 Å². The van der Waals surface area contributed by atoms with Gasteiger partial charge in [-0.25, -0.2) is 14.4 Å². The highest BCUT2D eigenvalue weighted by atomic mass is 32.1. The zero-order valence-corrected chi connectivity index (χ0v) is 45.2. The van der Waals surface area contributed by atoms with Crippen molar-refractivity contribution in [3.63, 3.8) is 0 Å². The van der Waals surface area contributed by atoms with Crippen LogP contribution in [0.4, 0.5) is 42.1 Å². The van der Waals surface area contributed by atoms with Crippen LogP contribution in [0.3, 0.4) is 0 Å². The topological polar surface area (TPSA) is 179 Å². The molecule has 24 heteroatoms. The Balaban J connectivity index is 0.978. The summed E-state index contributed by atoms with van der Waals surface area (Å²) in [6, 6.07) is 15.2. The first-order chi connectivity index (χ1) is 36.7. The fraction of sp³-hybridized carbons (Fsp3) is 0.407. The number of nitriles is 1. The Bertz CT molecular complexity index is 3010. The Morgan fingerprint density at radius 1 is 0.949 bits per heavy atom. The van der Waals surface area contributed by atoms with Crippen LogP contribution in [-0.4, -0.2) is 95.0 Å². The normalized spacial score (nSPS) is 14.3. The van der Waals surface area contributed by atoms with Crippen LogP contribution in [0.25, 0.3) is 10.4 Å². The first kappa shape index (κ1) is 60.0. The average Bonchev–Trinajstić information content (AvgIpc) is 4.08. The lowest BCUT2D eigenvalue weighted by Crippen LogP contribution is -2.58. The summed E-state index contributed by atoms with van der Waals surface area (Å²) in [6.07, 6.45) is -7.10. The molecule has 1 unspecified atom stereocenters. The number of hydrogen-bond acceptors (Lipinski definition) is 12. The number of nitrogens with one attached hydrogen (secondary N) is 2. The second-order valence-corrected chi connectivity index (χ2v) is 21.1. The van der Waals surface area contributed by atoms with Crippen molar-refractivity contribution in [3.8, 4) is 33.9 Å². The molecule has 2 N–H and O–H groups in total. The molecule has 2 atom stereocenters. The predicted molar refractivity (Wildman–Crippen MR) is 281 cm³/mol. The van der Waals surface area contributed by atoms with E-state index in [-0.39, 0.29) is 43.9 Å². The van der Waals surface area contributed by atoms with Crippen LogP contribution in [0.15, 0.2) is 78.4 Å². The largest absolute Gasteiger partial charge is 0.494 e. The highest BCUT2D eigenvalue weighted by Crippen LogP contribution is 2.42. The molecule has 1 fully saturated rings. The van der Waals surface area contributed by atoms with Gasteiger partial charge in [0.05, 0.1) is 57.4 Å². The average molecular weight is 1130 g/mol. The maximum Gasteiger partial charge on any atom is 0.421 e. The number of nitrogens with zero attached hydrogens (tertiary/aromatic N) is 6. The number of hydrogen-bond donors (Lipinski definition) is 2. The summed E-state index contributed by atoms with van der Waals surface area (Å²) in [5.74, 6) is -3.64. The number of benzene rings is 3. The van der Waals surface area contributed by atoms with Crippen molar-refractivity contribution in [2.75, 3.05) is 43.2 Å². The molecular formula is C54H57F7N8O7S2. The zero-order chi connectivity index (χ0) is 57.3. The molecule has 0 saturated carbocycles. The van der Waals surface area contributed by atoms with E-state index in [2.05, 4.69) is 20.6 Å². The SMILES string of the molecule is Cc1ncsc1-c1ccc(CNC(=O)[C@@H]2CCCN2C(=O)C(NC(=O)COCCCCOc2ccc(Oc3ncc(N(C(=S)N(C)c4ccc(C#N)c(C(F)(F)F)c4F)C(C)(C)C=O)cc3C(F)(F)F)cc2)C(C)(C)C)cc1. The molecule has 5 aromatic rings. The molecule has 1 aliphatic rings. The maximum absolute atomic E-state index is 15.4. The Hall–Kier alpha value is -7.23. The van der Waals surface area contributed by atoms with E-state index < -0.39 is 86.2 Å². The van der Waals surface area contributed by atoms with Gasteiger partial charge >= 0.3 is 12.4 Å². The highest BCUT2D eigenvalue weighted by Gasteiger charge is 2.44. The van der Waals surface area contributed by atoms with E-state index in [4.69, 9.17) is 26.4 Å². The third-order valence-electron chi connectivity index (χ3n) is 12.5. The first-order valence-corrected chi connectivity index (χ1v) is 25.7. The Morgan fingerprint density at radius 3 is 2.22 bits per heavy atom. The van der Waals surface area contributed by atoms with Gasteiger partial charge in [0.1, 0.15) is 47.6 Å². The number of carbonyl (C=O) groups is 4. The third-order valence-corrected chi connectivity index (χ3v) is 14.0. The second-order valence-electron chi connectivity index (χ2n) is 19.8. The van der Waals surface area contributed by atoms with Gasteiger partial charge in [-0.05, 0) is 118 Å². The third kappa shape index (κ3) is 14.7. The van der Waals surface area contributed by atoms with Gasteiger partial charge < -0.3 is 44.3 Å². The van der Waals surface area contributed by atoms with Crippen LogP contribution in [-0.2, 0) is 42.8 Å². The lowest BCUT2D eigenvalue weighted by atomic mass is 9.85. The summed E-state index contributed by atoms with van der Waals surface area (Å²) >= 11 is 7.01. The van der Waals surface area contributed by atoms with Gasteiger partial charge in [0.25, 0.3) is 0 Å². The lowest BCUT2D eigenvalue weighted by Gasteiger charge is -2.39. The number of likely N-dealkylation sites (tertiary alicyclic amines) is 1. The highest BCUT2D eigenvalue weighted by molar-refractivity contribution is 7.80. The van der Waals surface area contributed by atoms with Crippen molar-refractivity contribution >= 4 is 64.0 Å². The number of rotatable bonds is 20. The van der Waals surface area contributed by atoms with E-state index in [1.54, 1.807) is 16.8 Å². The number of anilines is 2. The number of amides is 3. The Labute approximate surface area is 455 Å². The number of unbranched alkanes of at least 4 members (excludes halogenated alkanes) is 1. The summed E-state index contributed by atoms with van der Waals surface area (Å²) in [7, 11) is 1.04. The van der Waals surface area contributed by atoms with Crippen LogP contribution in [0, 0.1) is 29.5 Å². The molecule has 0 aliphatic carbocycles. The van der Waals surface area contributed by atoms with Gasteiger partial charge in [-0.3, -0.25) is 14.4 Å². The van der Waals surface area contributed by atoms with Gasteiger partial charge in [0, 0.05) is 26.7 Å². The van der Waals surface area contributed by atoms with E-state index >= 15 is 4.39 Å². The van der Waals surface area contributed by atoms with Gasteiger partial charge in [0.15, 0.2) is 10.9 Å². The summed E-state index contributed by atoms with van der Waals surface area (Å²) in [4.78, 5) is 65.1. The molecule has 1 saturated heterocycles. The molecule has 0 spiro atoms. The van der Waals surface area contributed by atoms with Crippen LogP contribution in [0.1, 0.15) is 88.2 Å². The molecule has 78 heavy (non-hydrogen) atoms. The second kappa shape index (κ2) is 25.1. The van der Waals surface area contributed by atoms with E-state index in [1.165, 1.54) is 49.1 Å². The van der Waals surface area contributed by atoms with Gasteiger partial charge in [-0.1, -0.05) is 45.0 Å². The number of aryl methyl sites for hydroxylation is 1. The number of pyridine rings is 1. The Morgan fingerprint density at radius 2 is 1.62 bits per heavy atom. The molecule has 15 nitrogen and oxygen atoms in total. The van der Waals surface area contributed by atoms with Crippen molar-refractivity contribution in [3.05, 3.63) is 112 Å². The van der Waals surface area contributed by atoms with Crippen LogP contribution in [0.2, 0.25) is 0 Å². The molecule has 0 bridgehead atoms. The number of aldehydes is 1. The predicted octanol–water partition coefficient (Wildman–Crippen LogP) is 10.6. The van der Waals surface area contributed by atoms with Gasteiger partial charge in [-0.15, -0.1) is 11.3 Å². The number of carbonyl (C=O) groups excluding carboxylic acids is 4. The molecule has 2 aromatic heterocycles. The molecule has 6 rings (SSSR count). The fourth-order valence-corrected chi connectivity index (χ4v) is 9.65. The minimum absolute atomic E-state index is 0.0748. The number of thiazole rings is 1. The minimum atomic E-state index is -5.29. The molecular weight excluding hydrogens is 1070 g/mol. The monoisotopic (exact) mass is 1130 g/mol. The molecule has 3 heterocycles. The van der Waals surface area contributed by atoms with Crippen molar-refractivity contribution in [2.24, 2.45) is 5.41 Å². The van der Waals surface area contributed by atoms with Crippen molar-refractivity contribution < 1.29 is 64.1 Å². The van der Waals surface area contributed by atoms with Crippen molar-refractivity contribution in [1.29, 1.82) is 5.26 Å². The van der Waals surface area contributed by atoms with Crippen molar-refractivity contribution in [2.45, 2.75) is 104 Å². The van der Waals surface area contributed by atoms with Gasteiger partial charge in [0.2, 0.25) is 23.6 Å². The summed E-state index contributed by atoms with van der Waals surface area (Å²) in [5.41, 5.74) is -3.31. The van der Waals surface area contributed by atoms with Crippen molar-refractivity contribution in [1.82, 2.24) is 25.5 Å². The summed E-state index contributed by atoms with van der Waals surface area (Å²) < 4.78 is 118. The smallest absolute Gasteiger partial charge is 0.421 e. The first-order valence-electron chi connectivity index (χ1n) is 24.4. The molecule has 3 amide bonds. The standard InChI is InChI=1S/C54H57F7N8O7S2/c1-32-45(78-31-65-32)34-14-12-33(13-15-34)27-63-47(72)41-11-10-22-68(41)49(73)46(51(2,3)4)66-42(71)29-74-23-8-9-24-75-37-17-19-38(20-18-37)76-48-39(53(56,57)58)25-36(28-64-48)69(52(5,6)30-70)50(77)67(7)40-21-16-35(26-62)43(44(40)55)54(59,60)61/h12-21,25,28,30-31,41,46H,8-11,22-24,27,29H2,1-7H3,(H,63,72)(H,66,71)/t41-,46?/m0/s1. The number of ether oxygens (including phenoxy) is 3. The molecule has 3 aromatic carbocycles. The fourth-order valence-electron chi connectivity index (χ4n) is 8.39. The summed E-state index contributed by atoms with van der Waals surface area (Å²) in [6.45, 7) is 10.7. The molecule has 1 aliphatic heterocycles. The summed E-state index contributed by atoms with van der Waals surface area (Å²) in [5, 5.41) is 14.4. The van der Waals surface area contributed by atoms with E-state index in [9.17, 15) is 50.8 Å². The van der Waals surface area contributed by atoms with E-state index in [1.807, 2.05) is 52.0 Å². The quantitative estimate of drug-likeness (QED) is 0.0326. The number of alkyl halides is 6. The zero-order valence-electron chi connectivity index (χ0n) is 43.6. The molecule has 416 valence electrons. The lowest BCUT2D eigenvalue weighted by molar-refractivity contribution is -0.144. The molecule has 0 radical (unpaired) electrons. The minimum Gasteiger partial charge on any atom is -0.494 e. The number of thiocarbonyl (C=S) groups is 1.